The van der Waals surface area contributed by atoms with E-state index >= 15 is 0 Å². The van der Waals surface area contributed by atoms with E-state index in [2.05, 4.69) is 20.3 Å². The van der Waals surface area contributed by atoms with Crippen LogP contribution in [-0.2, 0) is 9.73 Å². The molecule has 1 saturated heterocycles. The summed E-state index contributed by atoms with van der Waals surface area (Å²) in [5.74, 6) is 0.785. The Bertz CT molecular complexity index is 497. The lowest BCUT2D eigenvalue weighted by molar-refractivity contribution is 0.626. The van der Waals surface area contributed by atoms with Crippen LogP contribution in [0.5, 0.6) is 0 Å². The van der Waals surface area contributed by atoms with Gasteiger partial charge in [0.2, 0.25) is 0 Å². The summed E-state index contributed by atoms with van der Waals surface area (Å²) >= 11 is 3.18. The van der Waals surface area contributed by atoms with E-state index in [9.17, 15) is 8.60 Å². The fourth-order valence-electron chi connectivity index (χ4n) is 1.76. The monoisotopic (exact) mass is 305 g/mol. The first-order valence-corrected chi connectivity index (χ1v) is 7.91. The third-order valence-electron chi connectivity index (χ3n) is 2.60. The lowest BCUT2D eigenvalue weighted by Gasteiger charge is -2.15. The van der Waals surface area contributed by atoms with Crippen LogP contribution in [-0.4, -0.2) is 15.7 Å². The minimum absolute atomic E-state index is 0.218. The van der Waals surface area contributed by atoms with Crippen LogP contribution in [0.4, 0.5) is 10.1 Å². The summed E-state index contributed by atoms with van der Waals surface area (Å²) < 4.78 is 30.6. The van der Waals surface area contributed by atoms with E-state index in [-0.39, 0.29) is 5.69 Å². The van der Waals surface area contributed by atoms with Crippen molar-refractivity contribution < 1.29 is 8.60 Å². The quantitative estimate of drug-likeness (QED) is 0.774. The summed E-state index contributed by atoms with van der Waals surface area (Å²) in [5.41, 5.74) is 0.218. The van der Waals surface area contributed by atoms with E-state index < -0.39 is 15.5 Å². The van der Waals surface area contributed by atoms with Gasteiger partial charge in [0.05, 0.1) is 9.73 Å². The van der Waals surface area contributed by atoms with Gasteiger partial charge in [-0.2, -0.15) is 4.36 Å². The number of rotatable bonds is 1. The second-order valence-electron chi connectivity index (χ2n) is 3.93. The molecule has 0 bridgehead atoms. The van der Waals surface area contributed by atoms with Crippen LogP contribution < -0.4 is 0 Å². The van der Waals surface area contributed by atoms with Gasteiger partial charge in [0.1, 0.15) is 5.69 Å². The third-order valence-corrected chi connectivity index (χ3v) is 5.48. The first-order chi connectivity index (χ1) is 7.59. The van der Waals surface area contributed by atoms with Crippen LogP contribution in [0.3, 0.4) is 0 Å². The SMILES string of the molecule is O=S1(=Nc2ccc(Br)cc2F)CCCCC1. The molecule has 1 aromatic carbocycles. The van der Waals surface area contributed by atoms with Crippen molar-refractivity contribution in [1.29, 1.82) is 0 Å². The highest BCUT2D eigenvalue weighted by molar-refractivity contribution is 9.10. The zero-order chi connectivity index (χ0) is 11.6. The first kappa shape index (κ1) is 12.0. The zero-order valence-corrected chi connectivity index (χ0v) is 11.2. The third kappa shape index (κ3) is 2.83. The summed E-state index contributed by atoms with van der Waals surface area (Å²) in [6, 6.07) is 4.64. The van der Waals surface area contributed by atoms with Crippen LogP contribution in [0, 0.1) is 5.82 Å². The molecular weight excluding hydrogens is 293 g/mol. The number of nitrogens with zero attached hydrogens (tertiary/aromatic N) is 1. The maximum absolute atomic E-state index is 13.5. The molecule has 5 heteroatoms. The molecule has 1 aliphatic rings. The molecule has 0 radical (unpaired) electrons. The van der Waals surface area contributed by atoms with Gasteiger partial charge in [0.15, 0.2) is 5.82 Å². The zero-order valence-electron chi connectivity index (χ0n) is 8.79. The van der Waals surface area contributed by atoms with Crippen molar-refractivity contribution in [1.82, 2.24) is 0 Å². The minimum Gasteiger partial charge on any atom is -0.249 e. The Morgan fingerprint density at radius 1 is 1.25 bits per heavy atom. The standard InChI is InChI=1S/C11H13BrFNOS/c12-9-4-5-11(10(13)8-9)14-16(15)6-2-1-3-7-16/h4-5,8H,1-3,6-7H2. The molecule has 0 spiro atoms. The molecule has 2 rings (SSSR count). The van der Waals surface area contributed by atoms with Gasteiger partial charge in [-0.15, -0.1) is 0 Å². The van der Waals surface area contributed by atoms with Crippen LogP contribution in [0.1, 0.15) is 19.3 Å². The molecular formula is C11H13BrFNOS. The molecule has 1 aliphatic heterocycles. The van der Waals surface area contributed by atoms with E-state index in [4.69, 9.17) is 0 Å². The normalized spacial score (nSPS) is 19.4. The van der Waals surface area contributed by atoms with E-state index in [1.165, 1.54) is 6.07 Å². The van der Waals surface area contributed by atoms with Gasteiger partial charge < -0.3 is 0 Å². The van der Waals surface area contributed by atoms with Crippen molar-refractivity contribution >= 4 is 31.3 Å². The van der Waals surface area contributed by atoms with Crippen LogP contribution in [0.25, 0.3) is 0 Å². The largest absolute Gasteiger partial charge is 0.249 e. The van der Waals surface area contributed by atoms with Crippen molar-refractivity contribution in [3.8, 4) is 0 Å². The molecule has 0 amide bonds. The summed E-state index contributed by atoms with van der Waals surface area (Å²) in [4.78, 5) is 0. The first-order valence-electron chi connectivity index (χ1n) is 5.27. The van der Waals surface area contributed by atoms with Gasteiger partial charge in [-0.25, -0.2) is 8.60 Å². The lowest BCUT2D eigenvalue weighted by Crippen LogP contribution is -2.15. The summed E-state index contributed by atoms with van der Waals surface area (Å²) in [6.07, 6.45) is 2.97. The number of benzene rings is 1. The van der Waals surface area contributed by atoms with E-state index in [1.54, 1.807) is 12.1 Å². The van der Waals surface area contributed by atoms with Gasteiger partial charge >= 0.3 is 0 Å². The predicted molar refractivity (Wildman–Crippen MR) is 67.9 cm³/mol. The van der Waals surface area contributed by atoms with Gasteiger partial charge in [0, 0.05) is 16.0 Å². The highest BCUT2D eigenvalue weighted by Crippen LogP contribution is 2.25. The van der Waals surface area contributed by atoms with E-state index in [0.29, 0.717) is 16.0 Å². The molecule has 2 nitrogen and oxygen atoms in total. The Balaban J connectivity index is 2.38. The molecule has 0 saturated carbocycles. The molecule has 0 aromatic heterocycles. The van der Waals surface area contributed by atoms with Crippen LogP contribution in [0.15, 0.2) is 27.0 Å². The van der Waals surface area contributed by atoms with E-state index in [1.807, 2.05) is 0 Å². The fraction of sp³-hybridized carbons (Fsp3) is 0.455. The van der Waals surface area contributed by atoms with Crippen molar-refractivity contribution in [2.75, 3.05) is 11.5 Å². The van der Waals surface area contributed by atoms with Crippen molar-refractivity contribution in [2.45, 2.75) is 19.3 Å². The Labute approximate surface area is 104 Å². The molecule has 1 aromatic rings. The number of halogens is 2. The Hall–Kier alpha value is -0.420. The summed E-state index contributed by atoms with van der Waals surface area (Å²) in [6.45, 7) is 0. The molecule has 16 heavy (non-hydrogen) atoms. The molecule has 1 fully saturated rings. The number of hydrogen-bond donors (Lipinski definition) is 0. The average Bonchev–Trinajstić information content (AvgIpc) is 2.23. The van der Waals surface area contributed by atoms with Crippen molar-refractivity contribution in [3.63, 3.8) is 0 Å². The Morgan fingerprint density at radius 3 is 2.56 bits per heavy atom. The second kappa shape index (κ2) is 4.84. The molecule has 1 heterocycles. The molecule has 0 atom stereocenters. The van der Waals surface area contributed by atoms with E-state index in [0.717, 1.165) is 19.3 Å². The number of hydrogen-bond acceptors (Lipinski definition) is 2. The maximum Gasteiger partial charge on any atom is 0.150 e. The molecule has 0 unspecified atom stereocenters. The maximum atomic E-state index is 13.5. The van der Waals surface area contributed by atoms with Crippen molar-refractivity contribution in [3.05, 3.63) is 28.5 Å². The van der Waals surface area contributed by atoms with Gasteiger partial charge in [-0.05, 0) is 31.0 Å². The molecule has 0 N–H and O–H groups in total. The average molecular weight is 306 g/mol. The lowest BCUT2D eigenvalue weighted by atomic mass is 10.3. The predicted octanol–water partition coefficient (Wildman–Crippen LogP) is 3.87. The van der Waals surface area contributed by atoms with Gasteiger partial charge in [-0.3, -0.25) is 0 Å². The Kier molecular flexibility index (Phi) is 3.64. The summed E-state index contributed by atoms with van der Waals surface area (Å²) in [7, 11) is -2.21. The highest BCUT2D eigenvalue weighted by atomic mass is 79.9. The van der Waals surface area contributed by atoms with Gasteiger partial charge in [-0.1, -0.05) is 22.4 Å². The molecule has 0 aliphatic carbocycles. The molecule has 88 valence electrons. The smallest absolute Gasteiger partial charge is 0.150 e. The van der Waals surface area contributed by atoms with Gasteiger partial charge in [0.25, 0.3) is 0 Å². The Morgan fingerprint density at radius 2 is 1.94 bits per heavy atom. The fourth-order valence-corrected chi connectivity index (χ4v) is 4.30. The topological polar surface area (TPSA) is 29.4 Å². The summed E-state index contributed by atoms with van der Waals surface area (Å²) in [5, 5.41) is 0. The van der Waals surface area contributed by atoms with Crippen LogP contribution >= 0.6 is 15.9 Å². The van der Waals surface area contributed by atoms with Crippen molar-refractivity contribution in [2.24, 2.45) is 4.36 Å². The van der Waals surface area contributed by atoms with Crippen LogP contribution in [0.2, 0.25) is 0 Å². The second-order valence-corrected chi connectivity index (χ2v) is 7.39. The highest BCUT2D eigenvalue weighted by Gasteiger charge is 2.15. The minimum atomic E-state index is -2.21.